The number of hydrogen-bond donors (Lipinski definition) is 0. The molecule has 1 saturated carbocycles. The van der Waals surface area contributed by atoms with E-state index in [1.165, 1.54) is 31.2 Å². The normalized spacial score (nSPS) is 24.0. The first-order chi connectivity index (χ1) is 8.83. The monoisotopic (exact) mass is 239 g/mol. The van der Waals surface area contributed by atoms with Gasteiger partial charge in [0.1, 0.15) is 0 Å². The van der Waals surface area contributed by atoms with Gasteiger partial charge in [-0.1, -0.05) is 31.2 Å². The number of hydrogen-bond acceptors (Lipinski definition) is 1. The molecule has 0 saturated heterocycles. The van der Waals surface area contributed by atoms with Crippen LogP contribution < -0.4 is 0 Å². The van der Waals surface area contributed by atoms with Crippen LogP contribution >= 0.6 is 0 Å². The Kier molecular flexibility index (Phi) is 4.59. The topological polar surface area (TPSA) is 23.8 Å². The van der Waals surface area contributed by atoms with E-state index >= 15 is 0 Å². The van der Waals surface area contributed by atoms with Crippen LogP contribution in [0.5, 0.6) is 0 Å². The highest BCUT2D eigenvalue weighted by atomic mass is 14.3. The average Bonchev–Trinajstić information content (AvgIpc) is 2.46. The maximum atomic E-state index is 8.80. The largest absolute Gasteiger partial charge is 0.192 e. The van der Waals surface area contributed by atoms with E-state index < -0.39 is 0 Å². The van der Waals surface area contributed by atoms with Gasteiger partial charge in [-0.2, -0.15) is 5.26 Å². The third-order valence-corrected chi connectivity index (χ3v) is 3.93. The highest BCUT2D eigenvalue weighted by molar-refractivity contribution is 5.33. The third-order valence-electron chi connectivity index (χ3n) is 3.93. The Balaban J connectivity index is 1.93. The van der Waals surface area contributed by atoms with Crippen molar-refractivity contribution in [3.63, 3.8) is 0 Å². The number of benzene rings is 1. The van der Waals surface area contributed by atoms with E-state index in [-0.39, 0.29) is 0 Å². The molecule has 1 aromatic rings. The van der Waals surface area contributed by atoms with Crippen molar-refractivity contribution < 1.29 is 0 Å². The lowest BCUT2D eigenvalue weighted by Crippen LogP contribution is -2.11. The first-order valence-electron chi connectivity index (χ1n) is 7.00. The molecule has 0 radical (unpaired) electrons. The molecule has 0 amide bonds. The SMILES string of the molecule is CC/C=C/[C@H]1CC[C@@H](c2ccc(C#N)cc2)CC1. The summed E-state index contributed by atoms with van der Waals surface area (Å²) in [5, 5.41) is 8.80. The van der Waals surface area contributed by atoms with Gasteiger partial charge in [-0.3, -0.25) is 0 Å². The van der Waals surface area contributed by atoms with Gasteiger partial charge >= 0.3 is 0 Å². The molecular weight excluding hydrogens is 218 g/mol. The molecule has 94 valence electrons. The van der Waals surface area contributed by atoms with E-state index in [4.69, 9.17) is 5.26 Å². The molecule has 18 heavy (non-hydrogen) atoms. The Labute approximate surface area is 110 Å². The lowest BCUT2D eigenvalue weighted by molar-refractivity contribution is 0.375. The Morgan fingerprint density at radius 3 is 2.39 bits per heavy atom. The van der Waals surface area contributed by atoms with Crippen LogP contribution in [0.15, 0.2) is 36.4 Å². The first kappa shape index (κ1) is 12.9. The van der Waals surface area contributed by atoms with E-state index in [2.05, 4.69) is 37.3 Å². The summed E-state index contributed by atoms with van der Waals surface area (Å²) >= 11 is 0. The molecule has 0 N–H and O–H groups in total. The van der Waals surface area contributed by atoms with E-state index in [0.717, 1.165) is 17.9 Å². The highest BCUT2D eigenvalue weighted by Gasteiger charge is 2.20. The van der Waals surface area contributed by atoms with Gasteiger partial charge in [0.05, 0.1) is 11.6 Å². The zero-order valence-corrected chi connectivity index (χ0v) is 11.1. The molecule has 1 heteroatoms. The van der Waals surface area contributed by atoms with Crippen molar-refractivity contribution in [2.75, 3.05) is 0 Å². The van der Waals surface area contributed by atoms with Crippen molar-refractivity contribution in [1.82, 2.24) is 0 Å². The van der Waals surface area contributed by atoms with Crippen LogP contribution in [-0.2, 0) is 0 Å². The fourth-order valence-electron chi connectivity index (χ4n) is 2.80. The quantitative estimate of drug-likeness (QED) is 0.695. The molecule has 1 nitrogen and oxygen atoms in total. The summed E-state index contributed by atoms with van der Waals surface area (Å²) in [6.07, 6.45) is 11.0. The molecule has 0 unspecified atom stereocenters. The first-order valence-corrected chi connectivity index (χ1v) is 7.00. The van der Waals surface area contributed by atoms with Gasteiger partial charge in [-0.25, -0.2) is 0 Å². The molecule has 2 rings (SSSR count). The molecule has 1 aliphatic carbocycles. The van der Waals surface area contributed by atoms with Crippen molar-refractivity contribution in [3.8, 4) is 6.07 Å². The molecule has 0 atom stereocenters. The second-order valence-electron chi connectivity index (χ2n) is 5.18. The van der Waals surface area contributed by atoms with Gasteiger partial charge in [0, 0.05) is 0 Å². The maximum Gasteiger partial charge on any atom is 0.0991 e. The Hall–Kier alpha value is -1.55. The van der Waals surface area contributed by atoms with Crippen LogP contribution in [0.1, 0.15) is 56.1 Å². The fraction of sp³-hybridized carbons (Fsp3) is 0.471. The van der Waals surface area contributed by atoms with Gasteiger partial charge in [0.2, 0.25) is 0 Å². The standard InChI is InChI=1S/C17H21N/c1-2-3-4-14-5-9-16(10-6-14)17-11-7-15(13-18)8-12-17/h3-4,7-8,11-12,14,16H,2,5-6,9-10H2,1H3/b4-3+/t14-,16+. The predicted molar refractivity (Wildman–Crippen MR) is 75.3 cm³/mol. The summed E-state index contributed by atoms with van der Waals surface area (Å²) in [7, 11) is 0. The molecule has 1 fully saturated rings. The lowest BCUT2D eigenvalue weighted by Gasteiger charge is -2.27. The minimum Gasteiger partial charge on any atom is -0.192 e. The van der Waals surface area contributed by atoms with Crippen LogP contribution in [0.3, 0.4) is 0 Å². The zero-order chi connectivity index (χ0) is 12.8. The number of nitrogens with zero attached hydrogens (tertiary/aromatic N) is 1. The van der Waals surface area contributed by atoms with Crippen LogP contribution in [0.2, 0.25) is 0 Å². The van der Waals surface area contributed by atoms with E-state index in [1.807, 2.05) is 12.1 Å². The zero-order valence-electron chi connectivity index (χ0n) is 11.1. The Morgan fingerprint density at radius 1 is 1.17 bits per heavy atom. The molecule has 0 bridgehead atoms. The summed E-state index contributed by atoms with van der Waals surface area (Å²) in [4.78, 5) is 0. The van der Waals surface area contributed by atoms with Crippen molar-refractivity contribution in [2.24, 2.45) is 5.92 Å². The summed E-state index contributed by atoms with van der Waals surface area (Å²) in [5.74, 6) is 1.49. The maximum absolute atomic E-state index is 8.80. The molecule has 1 aromatic carbocycles. The second kappa shape index (κ2) is 6.40. The van der Waals surface area contributed by atoms with Crippen LogP contribution in [0.4, 0.5) is 0 Å². The van der Waals surface area contributed by atoms with Gasteiger partial charge in [-0.05, 0) is 61.6 Å². The molecule has 1 aliphatic rings. The van der Waals surface area contributed by atoms with Crippen molar-refractivity contribution in [2.45, 2.75) is 44.9 Å². The summed E-state index contributed by atoms with van der Waals surface area (Å²) in [5.41, 5.74) is 2.17. The Bertz CT molecular complexity index is 428. The molecule has 0 aliphatic heterocycles. The predicted octanol–water partition coefficient (Wildman–Crippen LogP) is 4.80. The third kappa shape index (κ3) is 3.23. The van der Waals surface area contributed by atoms with Crippen LogP contribution in [0, 0.1) is 17.2 Å². The molecule has 0 aromatic heterocycles. The van der Waals surface area contributed by atoms with Crippen molar-refractivity contribution in [1.29, 1.82) is 5.26 Å². The number of nitriles is 1. The van der Waals surface area contributed by atoms with E-state index in [9.17, 15) is 0 Å². The number of rotatable bonds is 3. The minimum atomic E-state index is 0.698. The Morgan fingerprint density at radius 2 is 1.83 bits per heavy atom. The van der Waals surface area contributed by atoms with E-state index in [0.29, 0.717) is 5.92 Å². The summed E-state index contributed by atoms with van der Waals surface area (Å²) in [6.45, 7) is 2.19. The van der Waals surface area contributed by atoms with Crippen molar-refractivity contribution in [3.05, 3.63) is 47.5 Å². The fourth-order valence-corrected chi connectivity index (χ4v) is 2.80. The van der Waals surface area contributed by atoms with Crippen LogP contribution in [0.25, 0.3) is 0 Å². The van der Waals surface area contributed by atoms with Crippen LogP contribution in [-0.4, -0.2) is 0 Å². The van der Waals surface area contributed by atoms with Gasteiger partial charge in [0.25, 0.3) is 0 Å². The molecule has 0 spiro atoms. The summed E-state index contributed by atoms with van der Waals surface area (Å²) < 4.78 is 0. The lowest BCUT2D eigenvalue weighted by atomic mass is 9.78. The molecular formula is C17H21N. The molecule has 0 heterocycles. The van der Waals surface area contributed by atoms with Gasteiger partial charge in [-0.15, -0.1) is 0 Å². The van der Waals surface area contributed by atoms with E-state index in [1.54, 1.807) is 0 Å². The highest BCUT2D eigenvalue weighted by Crippen LogP contribution is 2.36. The number of allylic oxidation sites excluding steroid dienone is 2. The second-order valence-corrected chi connectivity index (χ2v) is 5.18. The van der Waals surface area contributed by atoms with Crippen molar-refractivity contribution >= 4 is 0 Å². The summed E-state index contributed by atoms with van der Waals surface area (Å²) in [6, 6.07) is 10.3. The minimum absolute atomic E-state index is 0.698. The van der Waals surface area contributed by atoms with Gasteiger partial charge in [0.15, 0.2) is 0 Å². The average molecular weight is 239 g/mol. The smallest absolute Gasteiger partial charge is 0.0991 e. The van der Waals surface area contributed by atoms with Gasteiger partial charge < -0.3 is 0 Å².